The summed E-state index contributed by atoms with van der Waals surface area (Å²) in [4.78, 5) is 4.35. The van der Waals surface area contributed by atoms with E-state index in [0.717, 1.165) is 18.0 Å². The Bertz CT molecular complexity index is 745. The van der Waals surface area contributed by atoms with Gasteiger partial charge in [-0.15, -0.1) is 0 Å². The van der Waals surface area contributed by atoms with Gasteiger partial charge in [-0.25, -0.2) is 18.4 Å². The van der Waals surface area contributed by atoms with Crippen LogP contribution in [0.15, 0.2) is 12.1 Å². The van der Waals surface area contributed by atoms with Crippen molar-refractivity contribution in [1.82, 2.24) is 14.8 Å². The lowest BCUT2D eigenvalue weighted by Crippen LogP contribution is -2.32. The quantitative estimate of drug-likeness (QED) is 0.933. The summed E-state index contributed by atoms with van der Waals surface area (Å²) in [6, 6.07) is 3.59. The smallest absolute Gasteiger partial charge is 0.176 e. The molecule has 23 heavy (non-hydrogen) atoms. The van der Waals surface area contributed by atoms with Crippen LogP contribution in [-0.4, -0.2) is 27.9 Å². The lowest BCUT2D eigenvalue weighted by Gasteiger charge is -2.24. The lowest BCUT2D eigenvalue weighted by atomic mass is 10.1. The van der Waals surface area contributed by atoms with E-state index in [1.165, 1.54) is 0 Å². The van der Waals surface area contributed by atoms with Crippen molar-refractivity contribution in [2.45, 2.75) is 32.0 Å². The van der Waals surface area contributed by atoms with E-state index < -0.39 is 11.6 Å². The molecule has 1 aliphatic rings. The Labute approximate surface area is 131 Å². The largest absolute Gasteiger partial charge is 0.377 e. The number of nitriles is 1. The molecule has 0 aliphatic carbocycles. The van der Waals surface area contributed by atoms with Crippen molar-refractivity contribution in [3.63, 3.8) is 0 Å². The van der Waals surface area contributed by atoms with Crippen molar-refractivity contribution in [1.29, 1.82) is 5.26 Å². The summed E-state index contributed by atoms with van der Waals surface area (Å²) in [6.45, 7) is 0.794. The predicted molar refractivity (Wildman–Crippen MR) is 77.5 cm³/mol. The van der Waals surface area contributed by atoms with E-state index in [9.17, 15) is 8.78 Å². The number of aryl methyl sites for hydroxylation is 1. The molecule has 1 aromatic heterocycles. The third kappa shape index (κ3) is 3.14. The minimum absolute atomic E-state index is 0.0445. The van der Waals surface area contributed by atoms with Gasteiger partial charge in [-0.3, -0.25) is 0 Å². The Hall–Kier alpha value is -2.53. The van der Waals surface area contributed by atoms with Crippen LogP contribution < -0.4 is 5.32 Å². The van der Waals surface area contributed by atoms with Gasteiger partial charge >= 0.3 is 0 Å². The Morgan fingerprint density at radius 1 is 1.43 bits per heavy atom. The van der Waals surface area contributed by atoms with Gasteiger partial charge < -0.3 is 10.1 Å². The highest BCUT2D eigenvalue weighted by Crippen LogP contribution is 2.24. The molecule has 1 aliphatic heterocycles. The molecule has 2 aromatic rings. The second kappa shape index (κ2) is 6.30. The third-order valence-corrected chi connectivity index (χ3v) is 3.70. The maximum atomic E-state index is 13.9. The molecule has 120 valence electrons. The van der Waals surface area contributed by atoms with Crippen LogP contribution >= 0.6 is 0 Å². The fourth-order valence-corrected chi connectivity index (χ4v) is 2.65. The molecular formula is C15H15F2N5O. The first-order valence-corrected chi connectivity index (χ1v) is 7.18. The Balaban J connectivity index is 1.76. The summed E-state index contributed by atoms with van der Waals surface area (Å²) < 4.78 is 34.6. The Morgan fingerprint density at radius 2 is 2.17 bits per heavy atom. The zero-order valence-electron chi connectivity index (χ0n) is 12.5. The number of aromatic nitrogens is 3. The summed E-state index contributed by atoms with van der Waals surface area (Å²) in [5, 5.41) is 15.9. The molecule has 0 unspecified atom stereocenters. The van der Waals surface area contributed by atoms with Gasteiger partial charge in [0.1, 0.15) is 18.1 Å². The number of halogens is 2. The van der Waals surface area contributed by atoms with E-state index in [1.807, 2.05) is 0 Å². The van der Waals surface area contributed by atoms with Crippen molar-refractivity contribution >= 4 is 5.69 Å². The number of fused-ring (bicyclic) bond motifs is 1. The van der Waals surface area contributed by atoms with Gasteiger partial charge in [-0.05, 0) is 18.6 Å². The minimum atomic E-state index is -0.772. The SMILES string of the molecule is COCc1nc2n(n1)C[C@@H](Nc1c(F)cc(C#N)cc1F)CC2. The third-order valence-electron chi connectivity index (χ3n) is 3.70. The number of anilines is 1. The topological polar surface area (TPSA) is 75.8 Å². The van der Waals surface area contributed by atoms with Gasteiger partial charge in [-0.1, -0.05) is 0 Å². The Kier molecular flexibility index (Phi) is 4.21. The van der Waals surface area contributed by atoms with Crippen LogP contribution in [-0.2, 0) is 24.3 Å². The molecule has 0 saturated heterocycles. The Morgan fingerprint density at radius 3 is 2.83 bits per heavy atom. The number of methoxy groups -OCH3 is 1. The highest BCUT2D eigenvalue weighted by Gasteiger charge is 2.23. The number of rotatable bonds is 4. The molecule has 0 radical (unpaired) electrons. The normalized spacial score (nSPS) is 16.7. The molecule has 1 N–H and O–H groups in total. The van der Waals surface area contributed by atoms with Gasteiger partial charge in [0.2, 0.25) is 0 Å². The summed E-state index contributed by atoms with van der Waals surface area (Å²) >= 11 is 0. The van der Waals surface area contributed by atoms with Gasteiger partial charge in [0.05, 0.1) is 18.2 Å². The maximum absolute atomic E-state index is 13.9. The molecule has 6 nitrogen and oxygen atoms in total. The van der Waals surface area contributed by atoms with Gasteiger partial charge in [0, 0.05) is 19.6 Å². The van der Waals surface area contributed by atoms with Crippen LogP contribution in [0, 0.1) is 23.0 Å². The lowest BCUT2D eigenvalue weighted by molar-refractivity contribution is 0.177. The standard InChI is InChI=1S/C15H15F2N5O/c1-23-8-13-20-14-3-2-10(7-22(14)21-13)19-15-11(16)4-9(6-18)5-12(15)17/h4-5,10,19H,2-3,7-8H2,1H3/t10-/m0/s1. The summed E-state index contributed by atoms with van der Waals surface area (Å²) in [5.41, 5.74) is -0.258. The van der Waals surface area contributed by atoms with E-state index in [2.05, 4.69) is 15.4 Å². The van der Waals surface area contributed by atoms with E-state index in [1.54, 1.807) is 17.9 Å². The predicted octanol–water partition coefficient (Wildman–Crippen LogP) is 2.00. The molecule has 0 saturated carbocycles. The number of ether oxygens (including phenoxy) is 1. The number of hydrogen-bond acceptors (Lipinski definition) is 5. The monoisotopic (exact) mass is 319 g/mol. The highest BCUT2D eigenvalue weighted by molar-refractivity contribution is 5.51. The second-order valence-corrected chi connectivity index (χ2v) is 5.37. The van der Waals surface area contributed by atoms with Gasteiger partial charge in [0.15, 0.2) is 17.5 Å². The number of nitrogens with zero attached hydrogens (tertiary/aromatic N) is 4. The molecule has 3 rings (SSSR count). The van der Waals surface area contributed by atoms with Crippen LogP contribution in [0.1, 0.15) is 23.6 Å². The average molecular weight is 319 g/mol. The molecule has 1 aromatic carbocycles. The zero-order chi connectivity index (χ0) is 16.4. The first-order valence-electron chi connectivity index (χ1n) is 7.18. The first kappa shape index (κ1) is 15.4. The molecule has 8 heteroatoms. The van der Waals surface area contributed by atoms with Crippen molar-refractivity contribution < 1.29 is 13.5 Å². The second-order valence-electron chi connectivity index (χ2n) is 5.37. The van der Waals surface area contributed by atoms with E-state index >= 15 is 0 Å². The number of nitrogens with one attached hydrogen (secondary N) is 1. The van der Waals surface area contributed by atoms with Crippen molar-refractivity contribution in [2.24, 2.45) is 0 Å². The van der Waals surface area contributed by atoms with Crippen LogP contribution in [0.2, 0.25) is 0 Å². The molecule has 0 fully saturated rings. The fraction of sp³-hybridized carbons (Fsp3) is 0.400. The summed E-state index contributed by atoms with van der Waals surface area (Å²) in [7, 11) is 1.57. The van der Waals surface area contributed by atoms with Gasteiger partial charge in [0.25, 0.3) is 0 Å². The van der Waals surface area contributed by atoms with Crippen molar-refractivity contribution in [3.8, 4) is 6.07 Å². The van der Waals surface area contributed by atoms with Crippen LogP contribution in [0.5, 0.6) is 0 Å². The minimum Gasteiger partial charge on any atom is -0.377 e. The fourth-order valence-electron chi connectivity index (χ4n) is 2.65. The van der Waals surface area contributed by atoms with Crippen molar-refractivity contribution in [2.75, 3.05) is 12.4 Å². The molecule has 0 amide bonds. The molecule has 2 heterocycles. The summed E-state index contributed by atoms with van der Waals surface area (Å²) in [6.07, 6.45) is 1.35. The zero-order valence-corrected chi connectivity index (χ0v) is 12.5. The summed E-state index contributed by atoms with van der Waals surface area (Å²) in [5.74, 6) is -0.105. The average Bonchev–Trinajstić information content (AvgIpc) is 2.92. The van der Waals surface area contributed by atoms with E-state index in [-0.39, 0.29) is 17.3 Å². The van der Waals surface area contributed by atoms with Crippen LogP contribution in [0.3, 0.4) is 0 Å². The van der Waals surface area contributed by atoms with E-state index in [0.29, 0.717) is 31.8 Å². The highest BCUT2D eigenvalue weighted by atomic mass is 19.1. The maximum Gasteiger partial charge on any atom is 0.176 e. The first-order chi connectivity index (χ1) is 11.1. The molecule has 0 spiro atoms. The molecule has 0 bridgehead atoms. The van der Waals surface area contributed by atoms with Crippen LogP contribution in [0.4, 0.5) is 14.5 Å². The molecular weight excluding hydrogens is 304 g/mol. The number of benzene rings is 1. The van der Waals surface area contributed by atoms with E-state index in [4.69, 9.17) is 10.00 Å². The van der Waals surface area contributed by atoms with Crippen LogP contribution in [0.25, 0.3) is 0 Å². The number of hydrogen-bond donors (Lipinski definition) is 1. The van der Waals surface area contributed by atoms with Crippen molar-refractivity contribution in [3.05, 3.63) is 41.0 Å². The molecule has 1 atom stereocenters. The van der Waals surface area contributed by atoms with Gasteiger partial charge in [-0.2, -0.15) is 10.4 Å².